The topological polar surface area (TPSA) is 3.24 Å². The molecule has 1 aromatic rings. The summed E-state index contributed by atoms with van der Waals surface area (Å²) in [7, 11) is 0. The smallest absolute Gasteiger partial charge is 0.0419 e. The highest BCUT2D eigenvalue weighted by Crippen LogP contribution is 2.28. The van der Waals surface area contributed by atoms with Crippen LogP contribution in [0.4, 0.5) is 0 Å². The highest BCUT2D eigenvalue weighted by atomic mass is 32.1. The van der Waals surface area contributed by atoms with Crippen molar-refractivity contribution in [3.8, 4) is 0 Å². The molecule has 0 aromatic heterocycles. The van der Waals surface area contributed by atoms with Crippen molar-refractivity contribution in [3.63, 3.8) is 0 Å². The highest BCUT2D eigenvalue weighted by Gasteiger charge is 2.23. The van der Waals surface area contributed by atoms with Gasteiger partial charge in [-0.25, -0.2) is 0 Å². The van der Waals surface area contributed by atoms with E-state index in [0.29, 0.717) is 11.3 Å². The monoisotopic (exact) mass is 235 g/mol. The van der Waals surface area contributed by atoms with E-state index in [1.807, 2.05) is 0 Å². The minimum absolute atomic E-state index is 0.333. The van der Waals surface area contributed by atoms with Gasteiger partial charge in [-0.2, -0.15) is 12.6 Å². The van der Waals surface area contributed by atoms with Crippen molar-refractivity contribution in [2.75, 3.05) is 13.1 Å². The lowest BCUT2D eigenvalue weighted by molar-refractivity contribution is 0.171. The van der Waals surface area contributed by atoms with E-state index in [1.165, 1.54) is 37.9 Å². The Balaban J connectivity index is 2.00. The molecule has 0 radical (unpaired) electrons. The number of hydrogen-bond acceptors (Lipinski definition) is 2. The predicted octanol–water partition coefficient (Wildman–Crippen LogP) is 3.53. The zero-order valence-corrected chi connectivity index (χ0v) is 10.9. The number of hydrogen-bond donors (Lipinski definition) is 1. The van der Waals surface area contributed by atoms with Crippen LogP contribution in [0, 0.1) is 0 Å². The zero-order valence-electron chi connectivity index (χ0n) is 9.97. The maximum Gasteiger partial charge on any atom is 0.0419 e. The zero-order chi connectivity index (χ0) is 11.4. The molecule has 1 heterocycles. The molecule has 1 aliphatic rings. The van der Waals surface area contributed by atoms with Crippen molar-refractivity contribution in [2.24, 2.45) is 0 Å². The molecule has 2 rings (SSSR count). The van der Waals surface area contributed by atoms with Crippen molar-refractivity contribution in [1.82, 2.24) is 4.90 Å². The molecular formula is C14H21NS. The Hall–Kier alpha value is -0.470. The molecule has 1 fully saturated rings. The lowest BCUT2D eigenvalue weighted by atomic mass is 10.0. The van der Waals surface area contributed by atoms with Crippen LogP contribution < -0.4 is 0 Å². The Labute approximate surface area is 104 Å². The van der Waals surface area contributed by atoms with Gasteiger partial charge in [0, 0.05) is 11.3 Å². The minimum Gasteiger partial charge on any atom is -0.299 e. The maximum absolute atomic E-state index is 4.78. The van der Waals surface area contributed by atoms with E-state index in [1.54, 1.807) is 0 Å². The van der Waals surface area contributed by atoms with Gasteiger partial charge in [0.25, 0.3) is 0 Å². The molecule has 0 aliphatic carbocycles. The first-order valence-electron chi connectivity index (χ1n) is 6.26. The van der Waals surface area contributed by atoms with Gasteiger partial charge in [-0.05, 0) is 38.4 Å². The number of rotatable bonds is 3. The fourth-order valence-electron chi connectivity index (χ4n) is 2.45. The minimum atomic E-state index is 0.333. The normalized spacial score (nSPS) is 21.6. The van der Waals surface area contributed by atoms with Crippen molar-refractivity contribution in [2.45, 2.75) is 37.5 Å². The van der Waals surface area contributed by atoms with Crippen LogP contribution in [-0.4, -0.2) is 24.0 Å². The van der Waals surface area contributed by atoms with E-state index < -0.39 is 0 Å². The van der Waals surface area contributed by atoms with E-state index >= 15 is 0 Å². The summed E-state index contributed by atoms with van der Waals surface area (Å²) in [5, 5.41) is 0.333. The predicted molar refractivity (Wildman–Crippen MR) is 73.1 cm³/mol. The molecule has 0 N–H and O–H groups in total. The SMILES string of the molecule is CC([C@@H](S)c1ccccc1)N1CCCCC1. The molecule has 0 amide bonds. The summed E-state index contributed by atoms with van der Waals surface area (Å²) >= 11 is 4.78. The Morgan fingerprint density at radius 1 is 1.06 bits per heavy atom. The van der Waals surface area contributed by atoms with Crippen LogP contribution in [0.2, 0.25) is 0 Å². The number of benzene rings is 1. The lowest BCUT2D eigenvalue weighted by Gasteiger charge is -2.35. The van der Waals surface area contributed by atoms with Crippen LogP contribution in [0.15, 0.2) is 30.3 Å². The lowest BCUT2D eigenvalue weighted by Crippen LogP contribution is -2.39. The van der Waals surface area contributed by atoms with E-state index in [2.05, 4.69) is 42.2 Å². The van der Waals surface area contributed by atoms with Gasteiger partial charge in [0.15, 0.2) is 0 Å². The highest BCUT2D eigenvalue weighted by molar-refractivity contribution is 7.80. The van der Waals surface area contributed by atoms with Gasteiger partial charge in [-0.15, -0.1) is 0 Å². The first-order chi connectivity index (χ1) is 7.79. The van der Waals surface area contributed by atoms with E-state index in [9.17, 15) is 0 Å². The number of thiol groups is 1. The molecule has 16 heavy (non-hydrogen) atoms. The molecule has 2 atom stereocenters. The molecule has 1 saturated heterocycles. The summed E-state index contributed by atoms with van der Waals surface area (Å²) < 4.78 is 0. The summed E-state index contributed by atoms with van der Waals surface area (Å²) in [6, 6.07) is 11.2. The summed E-state index contributed by atoms with van der Waals surface area (Å²) in [5.41, 5.74) is 1.34. The molecule has 0 spiro atoms. The first kappa shape index (κ1) is 12.0. The quantitative estimate of drug-likeness (QED) is 0.784. The molecule has 1 unspecified atom stereocenters. The van der Waals surface area contributed by atoms with Crippen molar-refractivity contribution in [3.05, 3.63) is 35.9 Å². The Morgan fingerprint density at radius 2 is 1.69 bits per heavy atom. The third-order valence-electron chi connectivity index (χ3n) is 3.56. The second kappa shape index (κ2) is 5.74. The molecule has 1 aromatic carbocycles. The van der Waals surface area contributed by atoms with Gasteiger partial charge in [-0.1, -0.05) is 36.8 Å². The molecule has 2 heteroatoms. The summed E-state index contributed by atoms with van der Waals surface area (Å²) in [6.07, 6.45) is 4.09. The fraction of sp³-hybridized carbons (Fsp3) is 0.571. The molecular weight excluding hydrogens is 214 g/mol. The number of nitrogens with zero attached hydrogens (tertiary/aromatic N) is 1. The third-order valence-corrected chi connectivity index (χ3v) is 4.29. The Morgan fingerprint density at radius 3 is 2.31 bits per heavy atom. The van der Waals surface area contributed by atoms with E-state index in [0.717, 1.165) is 0 Å². The van der Waals surface area contributed by atoms with E-state index in [4.69, 9.17) is 12.6 Å². The van der Waals surface area contributed by atoms with Crippen molar-refractivity contribution >= 4 is 12.6 Å². The number of likely N-dealkylation sites (tertiary alicyclic amines) is 1. The third kappa shape index (κ3) is 2.80. The van der Waals surface area contributed by atoms with Crippen molar-refractivity contribution < 1.29 is 0 Å². The summed E-state index contributed by atoms with van der Waals surface area (Å²) in [4.78, 5) is 2.58. The van der Waals surface area contributed by atoms with Gasteiger partial charge in [0.1, 0.15) is 0 Å². The number of piperidine rings is 1. The Bertz CT molecular complexity index is 306. The molecule has 0 bridgehead atoms. The molecule has 88 valence electrons. The van der Waals surface area contributed by atoms with Gasteiger partial charge in [-0.3, -0.25) is 4.90 Å². The van der Waals surface area contributed by atoms with Crippen LogP contribution in [0.3, 0.4) is 0 Å². The van der Waals surface area contributed by atoms with Crippen LogP contribution in [0.5, 0.6) is 0 Å². The Kier molecular flexibility index (Phi) is 4.30. The first-order valence-corrected chi connectivity index (χ1v) is 6.78. The second-order valence-electron chi connectivity index (χ2n) is 4.69. The molecule has 1 nitrogen and oxygen atoms in total. The second-order valence-corrected chi connectivity index (χ2v) is 5.25. The average molecular weight is 235 g/mol. The van der Waals surface area contributed by atoms with Gasteiger partial charge >= 0.3 is 0 Å². The largest absolute Gasteiger partial charge is 0.299 e. The van der Waals surface area contributed by atoms with Gasteiger partial charge < -0.3 is 0 Å². The fourth-order valence-corrected chi connectivity index (χ4v) is 2.81. The van der Waals surface area contributed by atoms with Crippen LogP contribution in [-0.2, 0) is 0 Å². The van der Waals surface area contributed by atoms with Crippen LogP contribution >= 0.6 is 12.6 Å². The van der Waals surface area contributed by atoms with Crippen LogP contribution in [0.25, 0.3) is 0 Å². The average Bonchev–Trinajstić information content (AvgIpc) is 2.39. The van der Waals surface area contributed by atoms with Crippen molar-refractivity contribution in [1.29, 1.82) is 0 Å². The summed E-state index contributed by atoms with van der Waals surface area (Å²) in [5.74, 6) is 0. The van der Waals surface area contributed by atoms with Gasteiger partial charge in [0.2, 0.25) is 0 Å². The van der Waals surface area contributed by atoms with Gasteiger partial charge in [0.05, 0.1) is 0 Å². The summed E-state index contributed by atoms with van der Waals surface area (Å²) in [6.45, 7) is 4.78. The molecule has 1 aliphatic heterocycles. The molecule has 0 saturated carbocycles. The maximum atomic E-state index is 4.78. The van der Waals surface area contributed by atoms with Crippen LogP contribution in [0.1, 0.15) is 37.0 Å². The van der Waals surface area contributed by atoms with E-state index in [-0.39, 0.29) is 0 Å². The standard InChI is InChI=1S/C14H21NS/c1-12(15-10-6-3-7-11-15)14(16)13-8-4-2-5-9-13/h2,4-5,8-9,12,14,16H,3,6-7,10-11H2,1H3/t12?,14-/m1/s1.